The molecule has 0 aromatic carbocycles. The van der Waals surface area contributed by atoms with Crippen LogP contribution in [0.5, 0.6) is 0 Å². The summed E-state index contributed by atoms with van der Waals surface area (Å²) in [7, 11) is 2.05. The molecule has 0 bridgehead atoms. The summed E-state index contributed by atoms with van der Waals surface area (Å²) in [5, 5.41) is 3.29. The highest BCUT2D eigenvalue weighted by atomic mass is 16.5. The zero-order valence-corrected chi connectivity index (χ0v) is 7.23. The van der Waals surface area contributed by atoms with Crippen LogP contribution in [0.15, 0.2) is 0 Å². The van der Waals surface area contributed by atoms with Crippen molar-refractivity contribution in [3.05, 3.63) is 0 Å². The van der Waals surface area contributed by atoms with Gasteiger partial charge < -0.3 is 10.1 Å². The monoisotopic (exact) mass is 155 g/mol. The fourth-order valence-electron chi connectivity index (χ4n) is 2.26. The molecule has 2 nitrogen and oxygen atoms in total. The van der Waals surface area contributed by atoms with Gasteiger partial charge in [0.1, 0.15) is 0 Å². The van der Waals surface area contributed by atoms with E-state index in [-0.39, 0.29) is 0 Å². The minimum Gasteiger partial charge on any atom is -0.381 e. The van der Waals surface area contributed by atoms with Crippen LogP contribution in [-0.2, 0) is 4.74 Å². The molecule has 1 N–H and O–H groups in total. The number of hydrogen-bond acceptors (Lipinski definition) is 2. The van der Waals surface area contributed by atoms with Gasteiger partial charge >= 0.3 is 0 Å². The van der Waals surface area contributed by atoms with Gasteiger partial charge in [-0.1, -0.05) is 0 Å². The van der Waals surface area contributed by atoms with Crippen LogP contribution < -0.4 is 5.32 Å². The van der Waals surface area contributed by atoms with E-state index < -0.39 is 0 Å². The second-order valence-electron chi connectivity index (χ2n) is 3.95. The topological polar surface area (TPSA) is 21.3 Å². The molecular formula is C9H17NO. The van der Waals surface area contributed by atoms with Crippen LogP contribution in [0.3, 0.4) is 0 Å². The van der Waals surface area contributed by atoms with Crippen molar-refractivity contribution in [1.29, 1.82) is 0 Å². The molecule has 1 aliphatic carbocycles. The van der Waals surface area contributed by atoms with Crippen molar-refractivity contribution in [2.75, 3.05) is 26.8 Å². The predicted molar refractivity (Wildman–Crippen MR) is 44.5 cm³/mol. The predicted octanol–water partition coefficient (Wildman–Crippen LogP) is 1.02. The first-order valence-electron chi connectivity index (χ1n) is 4.60. The first-order chi connectivity index (χ1) is 5.37. The molecule has 2 fully saturated rings. The van der Waals surface area contributed by atoms with Gasteiger partial charge in [-0.05, 0) is 37.6 Å². The Morgan fingerprint density at radius 1 is 1.55 bits per heavy atom. The van der Waals surface area contributed by atoms with E-state index in [9.17, 15) is 0 Å². The zero-order chi connectivity index (χ0) is 7.73. The van der Waals surface area contributed by atoms with Crippen molar-refractivity contribution in [2.45, 2.75) is 19.3 Å². The first kappa shape index (κ1) is 7.56. The third kappa shape index (κ3) is 1.30. The maximum atomic E-state index is 5.40. The standard InChI is InChI=1S/C9H17NO/c1-10-7-9(3-4-9)8-2-5-11-6-8/h8,10H,2-7H2,1H3. The Morgan fingerprint density at radius 2 is 2.36 bits per heavy atom. The summed E-state index contributed by atoms with van der Waals surface area (Å²) in [6, 6.07) is 0. The van der Waals surface area contributed by atoms with Gasteiger partial charge in [-0.15, -0.1) is 0 Å². The average molecular weight is 155 g/mol. The Morgan fingerprint density at radius 3 is 2.82 bits per heavy atom. The van der Waals surface area contributed by atoms with Crippen LogP contribution >= 0.6 is 0 Å². The third-order valence-electron chi connectivity index (χ3n) is 3.22. The van der Waals surface area contributed by atoms with E-state index in [1.165, 1.54) is 25.8 Å². The van der Waals surface area contributed by atoms with Gasteiger partial charge in [0.05, 0.1) is 6.61 Å². The largest absolute Gasteiger partial charge is 0.381 e. The van der Waals surface area contributed by atoms with Crippen LogP contribution in [0.25, 0.3) is 0 Å². The van der Waals surface area contributed by atoms with Gasteiger partial charge in [0.2, 0.25) is 0 Å². The zero-order valence-electron chi connectivity index (χ0n) is 7.23. The average Bonchev–Trinajstić information content (AvgIpc) is 2.63. The Kier molecular flexibility index (Phi) is 1.90. The van der Waals surface area contributed by atoms with Crippen LogP contribution in [0, 0.1) is 11.3 Å². The molecule has 11 heavy (non-hydrogen) atoms. The molecule has 0 aromatic heterocycles. The lowest BCUT2D eigenvalue weighted by Crippen LogP contribution is -2.27. The van der Waals surface area contributed by atoms with E-state index >= 15 is 0 Å². The Balaban J connectivity index is 1.91. The summed E-state index contributed by atoms with van der Waals surface area (Å²) in [6.45, 7) is 3.21. The molecule has 1 unspecified atom stereocenters. The van der Waals surface area contributed by atoms with Crippen molar-refractivity contribution < 1.29 is 4.74 Å². The van der Waals surface area contributed by atoms with Crippen LogP contribution in [-0.4, -0.2) is 26.8 Å². The molecule has 0 amide bonds. The van der Waals surface area contributed by atoms with Crippen molar-refractivity contribution >= 4 is 0 Å². The number of hydrogen-bond donors (Lipinski definition) is 1. The van der Waals surface area contributed by atoms with E-state index in [1.807, 2.05) is 0 Å². The van der Waals surface area contributed by atoms with Crippen molar-refractivity contribution in [1.82, 2.24) is 5.32 Å². The fourth-order valence-corrected chi connectivity index (χ4v) is 2.26. The molecule has 1 atom stereocenters. The summed E-state index contributed by atoms with van der Waals surface area (Å²) >= 11 is 0. The molecule has 2 aliphatic rings. The lowest BCUT2D eigenvalue weighted by Gasteiger charge is -2.20. The molecule has 1 aliphatic heterocycles. The SMILES string of the molecule is CNCC1(C2CCOC2)CC1. The number of nitrogens with one attached hydrogen (secondary N) is 1. The summed E-state index contributed by atoms with van der Waals surface area (Å²) < 4.78 is 5.40. The van der Waals surface area contributed by atoms with E-state index in [0.29, 0.717) is 5.41 Å². The van der Waals surface area contributed by atoms with Gasteiger partial charge in [-0.25, -0.2) is 0 Å². The molecule has 0 spiro atoms. The van der Waals surface area contributed by atoms with Crippen molar-refractivity contribution in [2.24, 2.45) is 11.3 Å². The van der Waals surface area contributed by atoms with Gasteiger partial charge in [-0.2, -0.15) is 0 Å². The normalized spacial score (nSPS) is 34.1. The van der Waals surface area contributed by atoms with E-state index in [1.54, 1.807) is 0 Å². The summed E-state index contributed by atoms with van der Waals surface area (Å²) in [5.74, 6) is 0.856. The minimum absolute atomic E-state index is 0.644. The summed E-state index contributed by atoms with van der Waals surface area (Å²) in [4.78, 5) is 0. The summed E-state index contributed by atoms with van der Waals surface area (Å²) in [5.41, 5.74) is 0.644. The van der Waals surface area contributed by atoms with Gasteiger partial charge in [0.25, 0.3) is 0 Å². The molecule has 2 rings (SSSR count). The molecule has 0 radical (unpaired) electrons. The second-order valence-corrected chi connectivity index (χ2v) is 3.95. The first-order valence-corrected chi connectivity index (χ1v) is 4.60. The maximum absolute atomic E-state index is 5.40. The van der Waals surface area contributed by atoms with Gasteiger partial charge in [0, 0.05) is 13.2 Å². The van der Waals surface area contributed by atoms with Crippen LogP contribution in [0.1, 0.15) is 19.3 Å². The molecule has 0 aromatic rings. The van der Waals surface area contributed by atoms with Gasteiger partial charge in [0.15, 0.2) is 0 Å². The van der Waals surface area contributed by atoms with Crippen LogP contribution in [0.2, 0.25) is 0 Å². The minimum atomic E-state index is 0.644. The molecule has 64 valence electrons. The Bertz CT molecular complexity index is 136. The fraction of sp³-hybridized carbons (Fsp3) is 1.00. The lowest BCUT2D eigenvalue weighted by atomic mass is 9.88. The van der Waals surface area contributed by atoms with E-state index in [2.05, 4.69) is 12.4 Å². The quantitative estimate of drug-likeness (QED) is 0.657. The Hall–Kier alpha value is -0.0800. The molecule has 1 saturated carbocycles. The number of rotatable bonds is 3. The van der Waals surface area contributed by atoms with Crippen LogP contribution in [0.4, 0.5) is 0 Å². The van der Waals surface area contributed by atoms with E-state index in [0.717, 1.165) is 19.1 Å². The lowest BCUT2D eigenvalue weighted by molar-refractivity contribution is 0.166. The molecular weight excluding hydrogens is 138 g/mol. The van der Waals surface area contributed by atoms with E-state index in [4.69, 9.17) is 4.74 Å². The highest BCUT2D eigenvalue weighted by molar-refractivity contribution is 5.00. The smallest absolute Gasteiger partial charge is 0.0500 e. The highest BCUT2D eigenvalue weighted by Gasteiger charge is 2.49. The Labute approximate surface area is 68.3 Å². The summed E-state index contributed by atoms with van der Waals surface area (Å²) in [6.07, 6.45) is 4.13. The maximum Gasteiger partial charge on any atom is 0.0500 e. The molecule has 1 saturated heterocycles. The van der Waals surface area contributed by atoms with Gasteiger partial charge in [-0.3, -0.25) is 0 Å². The highest BCUT2D eigenvalue weighted by Crippen LogP contribution is 2.53. The molecule has 2 heteroatoms. The van der Waals surface area contributed by atoms with Crippen molar-refractivity contribution in [3.8, 4) is 0 Å². The molecule has 1 heterocycles. The second kappa shape index (κ2) is 2.76. The van der Waals surface area contributed by atoms with Crippen molar-refractivity contribution in [3.63, 3.8) is 0 Å². The third-order valence-corrected chi connectivity index (χ3v) is 3.22. The number of ether oxygens (including phenoxy) is 1.